The van der Waals surface area contributed by atoms with Crippen molar-refractivity contribution < 1.29 is 43.7 Å². The molecule has 0 saturated heterocycles. The first kappa shape index (κ1) is 58.5. The second kappa shape index (κ2) is 26.6. The Kier molecular flexibility index (Phi) is 19.2. The number of amides is 6. The normalized spacial score (nSPS) is 16.5. The molecule has 0 spiro atoms. The number of hydrogen-bond donors (Lipinski definition) is 9. The Bertz CT molecular complexity index is 3570. The Hall–Kier alpha value is -7.19. The fourth-order valence-corrected chi connectivity index (χ4v) is 13.8. The molecule has 9 rings (SSSR count). The molecule has 8 aromatic rings. The highest BCUT2D eigenvalue weighted by Crippen LogP contribution is 2.40. The number of nitrogens with zero attached hydrogens (tertiary/aromatic N) is 7. The van der Waals surface area contributed by atoms with Gasteiger partial charge in [-0.1, -0.05) is 44.2 Å². The molecular weight excluding hydrogens is 1160 g/mol. The Balaban J connectivity index is 1.12. The number of carbonyl (C=O) groups is 6. The summed E-state index contributed by atoms with van der Waals surface area (Å²) in [4.78, 5) is 117. The highest BCUT2D eigenvalue weighted by molar-refractivity contribution is 7.15. The molecule has 4 atom stereocenters. The summed E-state index contributed by atoms with van der Waals surface area (Å²) in [6.07, 6.45) is -1.49. The lowest BCUT2D eigenvalue weighted by Gasteiger charge is -2.23. The van der Waals surface area contributed by atoms with Gasteiger partial charge in [-0.3, -0.25) is 28.8 Å². The van der Waals surface area contributed by atoms with Crippen LogP contribution >= 0.6 is 68.0 Å². The van der Waals surface area contributed by atoms with Gasteiger partial charge < -0.3 is 52.2 Å². The molecule has 6 amide bonds. The number of hydrogen-bond acceptors (Lipinski definition) is 23. The minimum atomic E-state index is -1.27. The summed E-state index contributed by atoms with van der Waals surface area (Å²) in [6.45, 7) is 6.11. The molecular formula is C52H54N14O9S6. The number of aryl methyl sites for hydroxylation is 1. The summed E-state index contributed by atoms with van der Waals surface area (Å²) >= 11 is 7.17. The standard InChI is InChI=1S/C52H54N14O9S6/c1-24(2)37-52-66-40(34(81-52)19-75-5)45(73)56-18-36(69)63-41(42(70)26-9-7-6-8-10-26)51-62-33(23-79-51)49-59-30(20-77-49)39-27(11-12-28(57-39)48-61-31(21-78-48)43(71)55-14-13-54-15-16-67)47-60-32(22-76-47)44(72)58-29(17-35(68)53-4)50-65-38(25(3)80-50)46(74)64-37/h6-12,20-24,29,37,41-42,54,67,70H,13-19H2,1-5H3,(H,53,68)(H,55,71)(H,56,73)(H,58,72)(H,63,69)(H,64,74)/t29-,37-,41?,42?/m0/s1. The van der Waals surface area contributed by atoms with E-state index in [1.54, 1.807) is 70.9 Å². The van der Waals surface area contributed by atoms with Gasteiger partial charge in [-0.25, -0.2) is 34.9 Å². The van der Waals surface area contributed by atoms with Gasteiger partial charge in [0, 0.05) is 65.8 Å². The first-order valence-electron chi connectivity index (χ1n) is 25.2. The van der Waals surface area contributed by atoms with E-state index < -0.39 is 60.3 Å². The summed E-state index contributed by atoms with van der Waals surface area (Å²) in [5.41, 5.74) is 2.92. The van der Waals surface area contributed by atoms with Gasteiger partial charge in [0.25, 0.3) is 23.6 Å². The van der Waals surface area contributed by atoms with Crippen LogP contribution in [0.25, 0.3) is 43.4 Å². The van der Waals surface area contributed by atoms with E-state index in [9.17, 15) is 33.9 Å². The molecule has 422 valence electrons. The first-order valence-corrected chi connectivity index (χ1v) is 30.3. The van der Waals surface area contributed by atoms with Crippen molar-refractivity contribution in [2.45, 2.75) is 58.0 Å². The molecule has 29 heteroatoms. The van der Waals surface area contributed by atoms with Gasteiger partial charge >= 0.3 is 0 Å². The summed E-state index contributed by atoms with van der Waals surface area (Å²) in [5, 5.41) is 50.0. The lowest BCUT2D eigenvalue weighted by atomic mass is 10.0. The van der Waals surface area contributed by atoms with Gasteiger partial charge in [0.15, 0.2) is 0 Å². The van der Waals surface area contributed by atoms with Gasteiger partial charge in [-0.05, 0) is 30.5 Å². The molecule has 7 aromatic heterocycles. The van der Waals surface area contributed by atoms with Crippen molar-refractivity contribution in [1.29, 1.82) is 0 Å². The van der Waals surface area contributed by atoms with Crippen molar-refractivity contribution >= 4 is 103 Å². The van der Waals surface area contributed by atoms with Crippen LogP contribution in [0.1, 0.15) is 117 Å². The number of ether oxygens (including phenoxy) is 1. The third-order valence-electron chi connectivity index (χ3n) is 12.4. The Morgan fingerprint density at radius 2 is 1.43 bits per heavy atom. The number of nitrogens with one attached hydrogen (secondary N) is 7. The van der Waals surface area contributed by atoms with Crippen LogP contribution in [-0.4, -0.2) is 127 Å². The van der Waals surface area contributed by atoms with E-state index in [2.05, 4.69) is 52.2 Å². The lowest BCUT2D eigenvalue weighted by molar-refractivity contribution is -0.122. The minimum Gasteiger partial charge on any atom is -0.395 e. The fraction of sp³-hybridized carbons (Fsp3) is 0.327. The van der Waals surface area contributed by atoms with Crippen LogP contribution in [0.3, 0.4) is 0 Å². The highest BCUT2D eigenvalue weighted by Gasteiger charge is 2.33. The van der Waals surface area contributed by atoms with Crippen LogP contribution in [0.2, 0.25) is 0 Å². The number of pyridine rings is 1. The Morgan fingerprint density at radius 1 is 0.704 bits per heavy atom. The zero-order valence-electron chi connectivity index (χ0n) is 44.0. The summed E-state index contributed by atoms with van der Waals surface area (Å²) in [6, 6.07) is 9.51. The van der Waals surface area contributed by atoms with E-state index in [0.717, 1.165) is 11.3 Å². The van der Waals surface area contributed by atoms with Gasteiger partial charge in [0.2, 0.25) is 11.8 Å². The topological polar surface area (TPSA) is 327 Å². The van der Waals surface area contributed by atoms with Crippen LogP contribution in [0.5, 0.6) is 0 Å². The number of fused-ring (bicyclic) bond motifs is 14. The summed E-state index contributed by atoms with van der Waals surface area (Å²) in [7, 11) is 2.94. The van der Waals surface area contributed by atoms with Crippen LogP contribution in [-0.2, 0) is 20.9 Å². The van der Waals surface area contributed by atoms with E-state index >= 15 is 0 Å². The molecule has 2 unspecified atom stereocenters. The number of aliphatic hydroxyl groups excluding tert-OH is 2. The van der Waals surface area contributed by atoms with E-state index in [1.807, 2.05) is 13.8 Å². The maximum absolute atomic E-state index is 14.3. The average molecular weight is 1210 g/mol. The van der Waals surface area contributed by atoms with Crippen LogP contribution in [0, 0.1) is 12.8 Å². The van der Waals surface area contributed by atoms with Crippen molar-refractivity contribution in [3.05, 3.63) is 117 Å². The number of aromatic nitrogens is 7. The molecule has 9 N–H and O–H groups in total. The molecule has 1 aliphatic heterocycles. The van der Waals surface area contributed by atoms with Crippen LogP contribution in [0.4, 0.5) is 0 Å². The number of benzene rings is 1. The molecule has 1 aliphatic rings. The maximum Gasteiger partial charge on any atom is 0.271 e. The van der Waals surface area contributed by atoms with Gasteiger partial charge in [-0.2, -0.15) is 0 Å². The van der Waals surface area contributed by atoms with E-state index in [4.69, 9.17) is 29.8 Å². The smallest absolute Gasteiger partial charge is 0.271 e. The zero-order chi connectivity index (χ0) is 57.3. The molecule has 1 aromatic carbocycles. The average Bonchev–Trinajstić information content (AvgIpc) is 4.43. The zero-order valence-corrected chi connectivity index (χ0v) is 48.9. The SMILES string of the molecule is CNC(=O)C[C@@H]1NC(=O)c2csc(n2)-c2ccc(-c3nc(C(=O)NCCNCCO)cs3)nc2-c2csc(n2)-c2csc(n2)C(C(O)c2ccccc2)NC(=O)CNC(=O)c2nc(sc2COC)[C@H](C(C)C)NC(=O)c2nc1sc2C. The maximum atomic E-state index is 14.3. The monoisotopic (exact) mass is 1210 g/mol. The fourth-order valence-electron chi connectivity index (χ4n) is 8.25. The summed E-state index contributed by atoms with van der Waals surface area (Å²) < 4.78 is 5.44. The number of rotatable bonds is 14. The Morgan fingerprint density at radius 3 is 2.20 bits per heavy atom. The van der Waals surface area contributed by atoms with E-state index in [0.29, 0.717) is 93.3 Å². The molecule has 8 heterocycles. The van der Waals surface area contributed by atoms with Gasteiger partial charge in [-0.15, -0.1) is 68.0 Å². The van der Waals surface area contributed by atoms with Crippen molar-refractivity contribution in [2.75, 3.05) is 46.9 Å². The third-order valence-corrected chi connectivity index (χ3v) is 18.1. The lowest BCUT2D eigenvalue weighted by Crippen LogP contribution is -2.40. The second-order valence-electron chi connectivity index (χ2n) is 18.4. The van der Waals surface area contributed by atoms with Gasteiger partial charge in [0.05, 0.1) is 48.8 Å². The predicted octanol–water partition coefficient (Wildman–Crippen LogP) is 5.62. The quantitative estimate of drug-likeness (QED) is 0.0596. The molecule has 0 fully saturated rings. The number of methoxy groups -OCH3 is 1. The molecule has 0 aliphatic carbocycles. The van der Waals surface area contributed by atoms with Crippen molar-refractivity contribution in [1.82, 2.24) is 72.1 Å². The first-order chi connectivity index (χ1) is 39.1. The van der Waals surface area contributed by atoms with Crippen molar-refractivity contribution in [2.24, 2.45) is 5.92 Å². The predicted molar refractivity (Wildman–Crippen MR) is 309 cm³/mol. The van der Waals surface area contributed by atoms with Crippen molar-refractivity contribution in [3.63, 3.8) is 0 Å². The van der Waals surface area contributed by atoms with E-state index in [1.165, 1.54) is 70.8 Å². The molecule has 10 bridgehead atoms. The molecule has 0 saturated carbocycles. The Labute approximate surface area is 487 Å². The van der Waals surface area contributed by atoms with Crippen molar-refractivity contribution in [3.8, 4) is 43.4 Å². The number of thiazole rings is 6. The molecule has 81 heavy (non-hydrogen) atoms. The third kappa shape index (κ3) is 13.8. The summed E-state index contributed by atoms with van der Waals surface area (Å²) in [5.74, 6) is -3.50. The van der Waals surface area contributed by atoms with Crippen LogP contribution in [0.15, 0.2) is 64.0 Å². The highest BCUT2D eigenvalue weighted by atomic mass is 32.1. The second-order valence-corrected chi connectivity index (χ2v) is 24.2. The molecule has 0 radical (unpaired) electrons. The van der Waals surface area contributed by atoms with Crippen LogP contribution < -0.4 is 37.2 Å². The van der Waals surface area contributed by atoms with Gasteiger partial charge in [0.1, 0.15) is 82.0 Å². The number of aliphatic hydroxyl groups is 2. The molecule has 23 nitrogen and oxygen atoms in total. The largest absolute Gasteiger partial charge is 0.395 e. The van der Waals surface area contributed by atoms with E-state index in [-0.39, 0.29) is 54.2 Å². The number of carbonyl (C=O) groups excluding carboxylic acids is 6. The minimum absolute atomic E-state index is 0.000293.